The van der Waals surface area contributed by atoms with Crippen molar-refractivity contribution in [3.8, 4) is 11.5 Å². The largest absolute Gasteiger partial charge is 0.456 e. The highest BCUT2D eigenvalue weighted by atomic mass is 35.5. The Hall–Kier alpha value is -0.930. The molecule has 0 aliphatic heterocycles. The monoisotopic (exact) mass is 343 g/mol. The lowest BCUT2D eigenvalue weighted by molar-refractivity contribution is 0.481. The van der Waals surface area contributed by atoms with Crippen LogP contribution in [0.5, 0.6) is 11.5 Å². The molecule has 1 N–H and O–H groups in total. The van der Waals surface area contributed by atoms with Gasteiger partial charge < -0.3 is 10.1 Å². The molecule has 0 saturated heterocycles. The summed E-state index contributed by atoms with van der Waals surface area (Å²) in [5, 5.41) is 4.60. The van der Waals surface area contributed by atoms with Gasteiger partial charge in [0.15, 0.2) is 0 Å². The van der Waals surface area contributed by atoms with Crippen LogP contribution in [0.4, 0.5) is 0 Å². The van der Waals surface area contributed by atoms with Gasteiger partial charge in [0.25, 0.3) is 0 Å². The zero-order valence-electron chi connectivity index (χ0n) is 11.8. The standard InChI is InChI=1S/C16H16Cl3NO/c1-10(2)20-9-11-4-3-5-12(6-11)21-16-8-14(18)13(17)7-15(16)19/h3-8,10,20H,9H2,1-2H3. The summed E-state index contributed by atoms with van der Waals surface area (Å²) in [5.41, 5.74) is 1.14. The predicted octanol–water partition coefficient (Wildman–Crippen LogP) is 5.94. The molecule has 112 valence electrons. The van der Waals surface area contributed by atoms with E-state index in [2.05, 4.69) is 19.2 Å². The maximum atomic E-state index is 6.11. The van der Waals surface area contributed by atoms with Gasteiger partial charge in [0, 0.05) is 18.7 Å². The number of hydrogen-bond acceptors (Lipinski definition) is 2. The second-order valence-corrected chi connectivity index (χ2v) is 6.20. The molecular weight excluding hydrogens is 329 g/mol. The SMILES string of the molecule is CC(C)NCc1cccc(Oc2cc(Cl)c(Cl)cc2Cl)c1. The summed E-state index contributed by atoms with van der Waals surface area (Å²) >= 11 is 18.0. The van der Waals surface area contributed by atoms with Crippen LogP contribution in [0.3, 0.4) is 0 Å². The van der Waals surface area contributed by atoms with Crippen LogP contribution in [0.1, 0.15) is 19.4 Å². The summed E-state index contributed by atoms with van der Waals surface area (Å²) in [6.07, 6.45) is 0. The summed E-state index contributed by atoms with van der Waals surface area (Å²) < 4.78 is 5.79. The van der Waals surface area contributed by atoms with E-state index in [0.717, 1.165) is 12.1 Å². The van der Waals surface area contributed by atoms with Crippen molar-refractivity contribution in [3.63, 3.8) is 0 Å². The maximum absolute atomic E-state index is 6.11. The van der Waals surface area contributed by atoms with E-state index in [0.29, 0.717) is 32.6 Å². The highest BCUT2D eigenvalue weighted by Crippen LogP contribution is 2.36. The van der Waals surface area contributed by atoms with E-state index in [9.17, 15) is 0 Å². The van der Waals surface area contributed by atoms with E-state index < -0.39 is 0 Å². The average molecular weight is 345 g/mol. The normalized spacial score (nSPS) is 11.0. The fraction of sp³-hybridized carbons (Fsp3) is 0.250. The van der Waals surface area contributed by atoms with Crippen molar-refractivity contribution in [1.82, 2.24) is 5.32 Å². The van der Waals surface area contributed by atoms with E-state index in [1.54, 1.807) is 12.1 Å². The minimum absolute atomic E-state index is 0.406. The molecule has 2 aromatic rings. The molecule has 0 amide bonds. The van der Waals surface area contributed by atoms with E-state index in [1.807, 2.05) is 24.3 Å². The molecular formula is C16H16Cl3NO. The smallest absolute Gasteiger partial charge is 0.147 e. The topological polar surface area (TPSA) is 21.3 Å². The Labute approximate surface area is 140 Å². The van der Waals surface area contributed by atoms with E-state index in [1.165, 1.54) is 0 Å². The highest BCUT2D eigenvalue weighted by molar-refractivity contribution is 6.43. The van der Waals surface area contributed by atoms with Crippen LogP contribution in [0.25, 0.3) is 0 Å². The molecule has 0 unspecified atom stereocenters. The van der Waals surface area contributed by atoms with Crippen LogP contribution >= 0.6 is 34.8 Å². The second-order valence-electron chi connectivity index (χ2n) is 4.98. The van der Waals surface area contributed by atoms with Crippen molar-refractivity contribution in [2.24, 2.45) is 0 Å². The molecule has 0 aromatic heterocycles. The third-order valence-electron chi connectivity index (χ3n) is 2.82. The van der Waals surface area contributed by atoms with Crippen LogP contribution in [-0.2, 0) is 6.54 Å². The van der Waals surface area contributed by atoms with Gasteiger partial charge in [0.1, 0.15) is 11.5 Å². The van der Waals surface area contributed by atoms with Gasteiger partial charge in [-0.2, -0.15) is 0 Å². The molecule has 0 atom stereocenters. The third kappa shape index (κ3) is 4.79. The predicted molar refractivity (Wildman–Crippen MR) is 90.0 cm³/mol. The molecule has 0 fully saturated rings. The first-order valence-electron chi connectivity index (χ1n) is 6.60. The number of benzene rings is 2. The van der Waals surface area contributed by atoms with Crippen molar-refractivity contribution in [2.45, 2.75) is 26.4 Å². The van der Waals surface area contributed by atoms with Crippen LogP contribution in [-0.4, -0.2) is 6.04 Å². The second kappa shape index (κ2) is 7.37. The molecule has 0 spiro atoms. The molecule has 0 bridgehead atoms. The van der Waals surface area contributed by atoms with Crippen molar-refractivity contribution >= 4 is 34.8 Å². The molecule has 2 rings (SSSR count). The van der Waals surface area contributed by atoms with Gasteiger partial charge in [-0.3, -0.25) is 0 Å². The number of halogens is 3. The highest BCUT2D eigenvalue weighted by Gasteiger charge is 2.08. The maximum Gasteiger partial charge on any atom is 0.147 e. The molecule has 0 aliphatic rings. The van der Waals surface area contributed by atoms with Crippen LogP contribution in [0.15, 0.2) is 36.4 Å². The van der Waals surface area contributed by atoms with Crippen molar-refractivity contribution in [1.29, 1.82) is 0 Å². The van der Waals surface area contributed by atoms with E-state index in [4.69, 9.17) is 39.5 Å². The fourth-order valence-corrected chi connectivity index (χ4v) is 2.33. The zero-order chi connectivity index (χ0) is 15.4. The molecule has 2 nitrogen and oxygen atoms in total. The Morgan fingerprint density at radius 3 is 2.43 bits per heavy atom. The minimum atomic E-state index is 0.406. The van der Waals surface area contributed by atoms with E-state index in [-0.39, 0.29) is 0 Å². The summed E-state index contributed by atoms with van der Waals surface area (Å²) in [7, 11) is 0. The average Bonchev–Trinajstić information content (AvgIpc) is 2.43. The Balaban J connectivity index is 2.16. The van der Waals surface area contributed by atoms with Crippen molar-refractivity contribution < 1.29 is 4.74 Å². The summed E-state index contributed by atoms with van der Waals surface area (Å²) in [4.78, 5) is 0. The Morgan fingerprint density at radius 2 is 1.71 bits per heavy atom. The van der Waals surface area contributed by atoms with Gasteiger partial charge in [-0.15, -0.1) is 0 Å². The molecule has 0 saturated carbocycles. The van der Waals surface area contributed by atoms with Crippen LogP contribution < -0.4 is 10.1 Å². The number of hydrogen-bond donors (Lipinski definition) is 1. The first kappa shape index (κ1) is 16.4. The first-order chi connectivity index (χ1) is 9.95. The summed E-state index contributed by atoms with van der Waals surface area (Å²) in [6, 6.07) is 11.4. The van der Waals surface area contributed by atoms with Gasteiger partial charge in [0.2, 0.25) is 0 Å². The van der Waals surface area contributed by atoms with Gasteiger partial charge >= 0.3 is 0 Å². The molecule has 0 radical (unpaired) electrons. The Kier molecular flexibility index (Phi) is 5.77. The lowest BCUT2D eigenvalue weighted by Crippen LogP contribution is -2.21. The molecule has 0 aliphatic carbocycles. The Bertz CT molecular complexity index is 629. The van der Waals surface area contributed by atoms with Crippen molar-refractivity contribution in [2.75, 3.05) is 0 Å². The molecule has 2 aromatic carbocycles. The van der Waals surface area contributed by atoms with Crippen LogP contribution in [0.2, 0.25) is 15.1 Å². The number of nitrogens with one attached hydrogen (secondary N) is 1. The summed E-state index contributed by atoms with van der Waals surface area (Å²) in [6.45, 7) is 5.00. The van der Waals surface area contributed by atoms with Gasteiger partial charge in [0.05, 0.1) is 15.1 Å². The van der Waals surface area contributed by atoms with Gasteiger partial charge in [-0.05, 0) is 23.8 Å². The fourth-order valence-electron chi connectivity index (χ4n) is 1.75. The summed E-state index contributed by atoms with van der Waals surface area (Å²) in [5.74, 6) is 1.19. The lowest BCUT2D eigenvalue weighted by Gasteiger charge is -2.11. The molecule has 0 heterocycles. The molecule has 21 heavy (non-hydrogen) atoms. The first-order valence-corrected chi connectivity index (χ1v) is 7.74. The van der Waals surface area contributed by atoms with Crippen molar-refractivity contribution in [3.05, 3.63) is 57.0 Å². The Morgan fingerprint density at radius 1 is 1.00 bits per heavy atom. The zero-order valence-corrected chi connectivity index (χ0v) is 14.1. The van der Waals surface area contributed by atoms with Crippen LogP contribution in [0, 0.1) is 0 Å². The number of rotatable bonds is 5. The minimum Gasteiger partial charge on any atom is -0.456 e. The third-order valence-corrected chi connectivity index (χ3v) is 3.83. The number of ether oxygens (including phenoxy) is 1. The quantitative estimate of drug-likeness (QED) is 0.678. The van der Waals surface area contributed by atoms with E-state index >= 15 is 0 Å². The van der Waals surface area contributed by atoms with Gasteiger partial charge in [-0.25, -0.2) is 0 Å². The lowest BCUT2D eigenvalue weighted by atomic mass is 10.2. The van der Waals surface area contributed by atoms with Gasteiger partial charge in [-0.1, -0.05) is 60.8 Å². The molecule has 5 heteroatoms.